The number of thiophene rings is 1. The second-order valence-electron chi connectivity index (χ2n) is 8.38. The monoisotopic (exact) mass is 434 g/mol. The van der Waals surface area contributed by atoms with Crippen LogP contribution in [0.2, 0.25) is 0 Å². The van der Waals surface area contributed by atoms with Crippen LogP contribution in [0.1, 0.15) is 49.4 Å². The highest BCUT2D eigenvalue weighted by Crippen LogP contribution is 2.27. The fourth-order valence-electron chi connectivity index (χ4n) is 4.47. The van der Waals surface area contributed by atoms with E-state index in [2.05, 4.69) is 42.9 Å². The van der Waals surface area contributed by atoms with Crippen molar-refractivity contribution in [3.63, 3.8) is 0 Å². The third-order valence-corrected chi connectivity index (χ3v) is 7.30. The highest BCUT2D eigenvalue weighted by Gasteiger charge is 2.24. The van der Waals surface area contributed by atoms with Crippen LogP contribution in [0.5, 0.6) is 0 Å². The van der Waals surface area contributed by atoms with Crippen LogP contribution < -0.4 is 16.4 Å². The summed E-state index contributed by atoms with van der Waals surface area (Å²) in [5.74, 6) is 0.831. The number of primary amides is 1. The highest BCUT2D eigenvalue weighted by molar-refractivity contribution is 7.10. The van der Waals surface area contributed by atoms with Gasteiger partial charge in [0.05, 0.1) is 6.04 Å². The van der Waals surface area contributed by atoms with Gasteiger partial charge in [-0.3, -0.25) is 14.7 Å². The molecule has 0 aromatic carbocycles. The average molecular weight is 435 g/mol. The molecule has 2 fully saturated rings. The standard InChI is InChI=1S/C22H38N6OS/c1-24-22(25-10-2-3-11-27-14-8-18(9-15-27)21(23)29)26-17-19(20-7-6-16-30-20)28-12-4-5-13-28/h6-7,16,18-19H,2-5,8-15,17H2,1H3,(H2,23,29)(H2,24,25,26). The number of hydrogen-bond donors (Lipinski definition) is 3. The summed E-state index contributed by atoms with van der Waals surface area (Å²) in [6, 6.07) is 4.82. The van der Waals surface area contributed by atoms with Gasteiger partial charge in [-0.15, -0.1) is 11.3 Å². The lowest BCUT2D eigenvalue weighted by atomic mass is 9.96. The molecule has 2 aliphatic heterocycles. The molecule has 0 aliphatic carbocycles. The first kappa shape index (κ1) is 23.0. The molecule has 0 saturated carbocycles. The van der Waals surface area contributed by atoms with E-state index in [0.29, 0.717) is 6.04 Å². The number of hydrogen-bond acceptors (Lipinski definition) is 5. The fourth-order valence-corrected chi connectivity index (χ4v) is 5.33. The van der Waals surface area contributed by atoms with Crippen molar-refractivity contribution in [2.45, 2.75) is 44.6 Å². The number of aliphatic imine (C=N–C) groups is 1. The van der Waals surface area contributed by atoms with Gasteiger partial charge in [-0.2, -0.15) is 0 Å². The number of piperidine rings is 1. The summed E-state index contributed by atoms with van der Waals surface area (Å²) in [6.45, 7) is 7.25. The van der Waals surface area contributed by atoms with Crippen LogP contribution in [0.3, 0.4) is 0 Å². The molecule has 4 N–H and O–H groups in total. The van der Waals surface area contributed by atoms with E-state index in [-0.39, 0.29) is 11.8 Å². The van der Waals surface area contributed by atoms with Crippen molar-refractivity contribution in [3.05, 3.63) is 22.4 Å². The number of rotatable bonds is 10. The molecule has 1 unspecified atom stereocenters. The number of guanidine groups is 1. The number of amides is 1. The fraction of sp³-hybridized carbons (Fsp3) is 0.727. The zero-order valence-corrected chi connectivity index (χ0v) is 19.1. The molecule has 168 valence electrons. The van der Waals surface area contributed by atoms with Gasteiger partial charge >= 0.3 is 0 Å². The smallest absolute Gasteiger partial charge is 0.220 e. The maximum atomic E-state index is 11.3. The van der Waals surface area contributed by atoms with Gasteiger partial charge in [0.15, 0.2) is 5.96 Å². The predicted octanol–water partition coefficient (Wildman–Crippen LogP) is 2.03. The lowest BCUT2D eigenvalue weighted by Crippen LogP contribution is -2.43. The second-order valence-corrected chi connectivity index (χ2v) is 9.36. The van der Waals surface area contributed by atoms with Gasteiger partial charge in [0.2, 0.25) is 5.91 Å². The molecule has 8 heteroatoms. The molecule has 0 bridgehead atoms. The summed E-state index contributed by atoms with van der Waals surface area (Å²) in [5.41, 5.74) is 5.41. The first-order valence-electron chi connectivity index (χ1n) is 11.4. The molecule has 1 amide bonds. The minimum atomic E-state index is -0.135. The van der Waals surface area contributed by atoms with Gasteiger partial charge in [0, 0.05) is 30.9 Å². The number of carbonyl (C=O) groups is 1. The minimum absolute atomic E-state index is 0.0795. The predicted molar refractivity (Wildman–Crippen MR) is 125 cm³/mol. The molecule has 0 spiro atoms. The minimum Gasteiger partial charge on any atom is -0.369 e. The normalized spacial score (nSPS) is 20.4. The molecule has 1 aromatic rings. The number of likely N-dealkylation sites (tertiary alicyclic amines) is 2. The van der Waals surface area contributed by atoms with Gasteiger partial charge in [0.25, 0.3) is 0 Å². The van der Waals surface area contributed by atoms with Crippen molar-refractivity contribution >= 4 is 23.2 Å². The Balaban J connectivity index is 1.32. The molecule has 7 nitrogen and oxygen atoms in total. The van der Waals surface area contributed by atoms with Gasteiger partial charge < -0.3 is 21.3 Å². The summed E-state index contributed by atoms with van der Waals surface area (Å²) in [7, 11) is 1.84. The quantitative estimate of drug-likeness (QED) is 0.298. The molecule has 2 saturated heterocycles. The molecule has 3 heterocycles. The van der Waals surface area contributed by atoms with Crippen LogP contribution in [-0.4, -0.2) is 74.5 Å². The van der Waals surface area contributed by atoms with Crippen molar-refractivity contribution in [1.82, 2.24) is 20.4 Å². The number of nitrogens with two attached hydrogens (primary N) is 1. The van der Waals surface area contributed by atoms with Gasteiger partial charge in [-0.05, 0) is 82.7 Å². The first-order chi connectivity index (χ1) is 14.7. The van der Waals surface area contributed by atoms with E-state index in [0.717, 1.165) is 64.4 Å². The summed E-state index contributed by atoms with van der Waals surface area (Å²) in [5, 5.41) is 9.17. The maximum absolute atomic E-state index is 11.3. The van der Waals surface area contributed by atoms with E-state index >= 15 is 0 Å². The number of unbranched alkanes of at least 4 members (excludes halogenated alkanes) is 1. The highest BCUT2D eigenvalue weighted by atomic mass is 32.1. The number of nitrogens with one attached hydrogen (secondary N) is 2. The van der Waals surface area contributed by atoms with Gasteiger partial charge in [-0.25, -0.2) is 0 Å². The lowest BCUT2D eigenvalue weighted by molar-refractivity contribution is -0.123. The first-order valence-corrected chi connectivity index (χ1v) is 12.3. The summed E-state index contributed by atoms with van der Waals surface area (Å²) < 4.78 is 0. The summed E-state index contributed by atoms with van der Waals surface area (Å²) in [6.07, 6.45) is 6.68. The summed E-state index contributed by atoms with van der Waals surface area (Å²) in [4.78, 5) is 22.1. The molecular weight excluding hydrogens is 396 g/mol. The maximum Gasteiger partial charge on any atom is 0.220 e. The van der Waals surface area contributed by atoms with Crippen LogP contribution in [-0.2, 0) is 4.79 Å². The third kappa shape index (κ3) is 6.96. The third-order valence-electron chi connectivity index (χ3n) is 6.32. The van der Waals surface area contributed by atoms with Crippen molar-refractivity contribution in [2.24, 2.45) is 16.6 Å². The zero-order valence-electron chi connectivity index (χ0n) is 18.3. The summed E-state index contributed by atoms with van der Waals surface area (Å²) >= 11 is 1.84. The Hall–Kier alpha value is -1.64. The van der Waals surface area contributed by atoms with E-state index in [4.69, 9.17) is 5.73 Å². The second kappa shape index (κ2) is 12.3. The Labute approximate surface area is 185 Å². The average Bonchev–Trinajstić information content (AvgIpc) is 3.47. The molecule has 0 radical (unpaired) electrons. The van der Waals surface area contributed by atoms with E-state index in [1.165, 1.54) is 30.8 Å². The van der Waals surface area contributed by atoms with Crippen molar-refractivity contribution < 1.29 is 4.79 Å². The molecular formula is C22H38N6OS. The molecule has 30 heavy (non-hydrogen) atoms. The molecule has 3 rings (SSSR count). The molecule has 1 atom stereocenters. The SMILES string of the molecule is CN=C(NCCCCN1CCC(C(N)=O)CC1)NCC(c1cccs1)N1CCCC1. The van der Waals surface area contributed by atoms with E-state index < -0.39 is 0 Å². The van der Waals surface area contributed by atoms with Crippen LogP contribution in [0.4, 0.5) is 0 Å². The van der Waals surface area contributed by atoms with E-state index in [9.17, 15) is 4.79 Å². The van der Waals surface area contributed by atoms with Gasteiger partial charge in [-0.1, -0.05) is 6.07 Å². The Bertz CT molecular complexity index is 651. The topological polar surface area (TPSA) is 86.0 Å². The van der Waals surface area contributed by atoms with Crippen LogP contribution >= 0.6 is 11.3 Å². The Morgan fingerprint density at radius 2 is 2.00 bits per heavy atom. The van der Waals surface area contributed by atoms with Crippen molar-refractivity contribution in [2.75, 3.05) is 52.9 Å². The molecule has 2 aliphatic rings. The van der Waals surface area contributed by atoms with Crippen molar-refractivity contribution in [1.29, 1.82) is 0 Å². The largest absolute Gasteiger partial charge is 0.369 e. The Morgan fingerprint density at radius 1 is 1.23 bits per heavy atom. The Kier molecular flexibility index (Phi) is 9.42. The lowest BCUT2D eigenvalue weighted by Gasteiger charge is -2.30. The van der Waals surface area contributed by atoms with Crippen molar-refractivity contribution in [3.8, 4) is 0 Å². The van der Waals surface area contributed by atoms with E-state index in [1.54, 1.807) is 0 Å². The molecule has 1 aromatic heterocycles. The van der Waals surface area contributed by atoms with Crippen LogP contribution in [0.25, 0.3) is 0 Å². The van der Waals surface area contributed by atoms with Gasteiger partial charge in [0.1, 0.15) is 0 Å². The zero-order chi connectivity index (χ0) is 21.2. The Morgan fingerprint density at radius 3 is 2.63 bits per heavy atom. The van der Waals surface area contributed by atoms with Crippen LogP contribution in [0, 0.1) is 5.92 Å². The number of carbonyl (C=O) groups excluding carboxylic acids is 1. The van der Waals surface area contributed by atoms with Crippen LogP contribution in [0.15, 0.2) is 22.5 Å². The van der Waals surface area contributed by atoms with E-state index in [1.807, 2.05) is 18.4 Å². The number of nitrogens with zero attached hydrogens (tertiary/aromatic N) is 3.